The zero-order chi connectivity index (χ0) is 23.7. The van der Waals surface area contributed by atoms with E-state index in [1.54, 1.807) is 24.4 Å². The van der Waals surface area contributed by atoms with Crippen molar-refractivity contribution in [3.8, 4) is 11.4 Å². The first-order valence-electron chi connectivity index (χ1n) is 10.7. The van der Waals surface area contributed by atoms with Crippen LogP contribution in [0.25, 0.3) is 22.7 Å². The number of nitrogens with zero attached hydrogens (tertiary/aromatic N) is 2. The predicted octanol–water partition coefficient (Wildman–Crippen LogP) is 4.81. The van der Waals surface area contributed by atoms with E-state index in [0.717, 1.165) is 22.6 Å². The summed E-state index contributed by atoms with van der Waals surface area (Å²) in [6, 6.07) is 22.6. The third-order valence-electron chi connectivity index (χ3n) is 5.73. The summed E-state index contributed by atoms with van der Waals surface area (Å²) in [5.41, 5.74) is 5.53. The van der Waals surface area contributed by atoms with Crippen LogP contribution in [0.3, 0.4) is 0 Å². The van der Waals surface area contributed by atoms with Crippen LogP contribution in [0.4, 0.5) is 11.4 Å². The van der Waals surface area contributed by atoms with Gasteiger partial charge in [-0.2, -0.15) is 0 Å². The number of ether oxygens (including phenoxy) is 1. The van der Waals surface area contributed by atoms with E-state index in [1.807, 2.05) is 72.4 Å². The van der Waals surface area contributed by atoms with E-state index in [4.69, 9.17) is 4.74 Å². The highest BCUT2D eigenvalue weighted by atomic mass is 16.5. The Labute approximate surface area is 196 Å². The molecule has 2 heterocycles. The molecule has 3 aromatic carbocycles. The van der Waals surface area contributed by atoms with Gasteiger partial charge in [-0.25, -0.2) is 9.78 Å². The number of imidazole rings is 1. The molecule has 1 aliphatic rings. The van der Waals surface area contributed by atoms with Crippen LogP contribution in [-0.4, -0.2) is 28.5 Å². The molecule has 0 saturated heterocycles. The van der Waals surface area contributed by atoms with Crippen molar-refractivity contribution < 1.29 is 14.3 Å². The molecule has 1 amide bonds. The maximum absolute atomic E-state index is 13.1. The number of anilines is 2. The van der Waals surface area contributed by atoms with Crippen LogP contribution in [-0.2, 0) is 16.6 Å². The minimum absolute atomic E-state index is 0.243. The lowest BCUT2D eigenvalue weighted by atomic mass is 9.99. The number of fused-ring (bicyclic) bond motifs is 1. The zero-order valence-electron chi connectivity index (χ0n) is 18.7. The van der Waals surface area contributed by atoms with Gasteiger partial charge in [0.2, 0.25) is 0 Å². The average molecular weight is 450 g/mol. The normalized spacial score (nSPS) is 13.8. The quantitative estimate of drug-likeness (QED) is 0.337. The van der Waals surface area contributed by atoms with Crippen LogP contribution < -0.4 is 10.6 Å². The number of benzene rings is 3. The first-order chi connectivity index (χ1) is 16.5. The molecule has 4 aromatic rings. The molecule has 0 saturated carbocycles. The van der Waals surface area contributed by atoms with Gasteiger partial charge in [0.1, 0.15) is 5.82 Å². The van der Waals surface area contributed by atoms with Crippen LogP contribution in [0.1, 0.15) is 21.5 Å². The summed E-state index contributed by atoms with van der Waals surface area (Å²) in [4.78, 5) is 29.4. The van der Waals surface area contributed by atoms with Gasteiger partial charge in [-0.3, -0.25) is 4.79 Å². The van der Waals surface area contributed by atoms with Gasteiger partial charge in [-0.15, -0.1) is 0 Å². The number of esters is 1. The molecule has 7 heteroatoms. The Morgan fingerprint density at radius 3 is 2.44 bits per heavy atom. The van der Waals surface area contributed by atoms with Crippen molar-refractivity contribution in [1.29, 1.82) is 0 Å². The van der Waals surface area contributed by atoms with E-state index in [-0.39, 0.29) is 5.91 Å². The fourth-order valence-electron chi connectivity index (χ4n) is 4.04. The van der Waals surface area contributed by atoms with Crippen molar-refractivity contribution in [2.24, 2.45) is 7.05 Å². The van der Waals surface area contributed by atoms with E-state index in [2.05, 4.69) is 15.6 Å². The fourth-order valence-corrected chi connectivity index (χ4v) is 4.04. The summed E-state index contributed by atoms with van der Waals surface area (Å²) in [7, 11) is 3.28. The first-order valence-corrected chi connectivity index (χ1v) is 10.7. The molecule has 0 fully saturated rings. The van der Waals surface area contributed by atoms with E-state index < -0.39 is 5.97 Å². The lowest BCUT2D eigenvalue weighted by Crippen LogP contribution is -2.10. The highest BCUT2D eigenvalue weighted by Gasteiger charge is 2.29. The van der Waals surface area contributed by atoms with Gasteiger partial charge in [0.15, 0.2) is 0 Å². The van der Waals surface area contributed by atoms with E-state index in [0.29, 0.717) is 28.1 Å². The first kappa shape index (κ1) is 21.2. The Bertz CT molecular complexity index is 1420. The Morgan fingerprint density at radius 2 is 1.76 bits per heavy atom. The summed E-state index contributed by atoms with van der Waals surface area (Å²) in [6.07, 6.45) is 3.67. The molecule has 0 atom stereocenters. The summed E-state index contributed by atoms with van der Waals surface area (Å²) >= 11 is 0. The molecular formula is C27H22N4O3. The molecular weight excluding hydrogens is 428 g/mol. The van der Waals surface area contributed by atoms with Crippen molar-refractivity contribution in [2.75, 3.05) is 17.7 Å². The van der Waals surface area contributed by atoms with E-state index in [9.17, 15) is 9.59 Å². The Kier molecular flexibility index (Phi) is 5.43. The summed E-state index contributed by atoms with van der Waals surface area (Å²) in [5, 5.41) is 6.33. The van der Waals surface area contributed by atoms with Crippen LogP contribution >= 0.6 is 0 Å². The summed E-state index contributed by atoms with van der Waals surface area (Å²) in [6.45, 7) is 0. The number of rotatable bonds is 5. The summed E-state index contributed by atoms with van der Waals surface area (Å²) in [5.74, 6) is 0.176. The Hall–Kier alpha value is -4.65. The molecule has 1 aliphatic heterocycles. The van der Waals surface area contributed by atoms with Crippen molar-refractivity contribution in [3.05, 3.63) is 102 Å². The molecule has 2 N–H and O–H groups in total. The van der Waals surface area contributed by atoms with Gasteiger partial charge in [0.05, 0.1) is 29.6 Å². The van der Waals surface area contributed by atoms with Gasteiger partial charge < -0.3 is 19.9 Å². The summed E-state index contributed by atoms with van der Waals surface area (Å²) < 4.78 is 6.77. The van der Waals surface area contributed by atoms with Crippen LogP contribution in [0.2, 0.25) is 0 Å². The molecule has 0 aliphatic carbocycles. The minimum atomic E-state index is -0.455. The largest absolute Gasteiger partial charge is 0.465 e. The second-order valence-electron chi connectivity index (χ2n) is 7.89. The topological polar surface area (TPSA) is 85.2 Å². The number of nitrogens with one attached hydrogen (secondary N) is 2. The number of amides is 1. The SMILES string of the molecule is COC(=O)c1ccc2c(c1)NC(=O)/C2=C(\Nc1ccc(-c2nccn2C)cc1)c1ccccc1. The molecule has 0 bridgehead atoms. The molecule has 168 valence electrons. The van der Waals surface area contributed by atoms with Crippen LogP contribution in [0.5, 0.6) is 0 Å². The highest BCUT2D eigenvalue weighted by molar-refractivity contribution is 6.37. The fraction of sp³-hybridized carbons (Fsp3) is 0.0741. The molecule has 7 nitrogen and oxygen atoms in total. The van der Waals surface area contributed by atoms with Crippen molar-refractivity contribution in [1.82, 2.24) is 9.55 Å². The standard InChI is InChI=1S/C27H22N4O3/c1-31-15-14-28-25(31)18-8-11-20(12-9-18)29-24(17-6-4-3-5-7-17)23-21-13-10-19(27(33)34-2)16-22(21)30-26(23)32/h3-16,29H,1-2H3,(H,30,32)/b24-23-. The Morgan fingerprint density at radius 1 is 1.00 bits per heavy atom. The van der Waals surface area contributed by atoms with Gasteiger partial charge >= 0.3 is 5.97 Å². The van der Waals surface area contributed by atoms with Gasteiger partial charge in [-0.1, -0.05) is 36.4 Å². The van der Waals surface area contributed by atoms with Gasteiger partial charge in [0.25, 0.3) is 5.91 Å². The monoisotopic (exact) mass is 450 g/mol. The van der Waals surface area contributed by atoms with Gasteiger partial charge in [0, 0.05) is 36.3 Å². The predicted molar refractivity (Wildman–Crippen MR) is 132 cm³/mol. The molecule has 0 unspecified atom stereocenters. The maximum atomic E-state index is 13.1. The second kappa shape index (κ2) is 8.71. The smallest absolute Gasteiger partial charge is 0.337 e. The van der Waals surface area contributed by atoms with E-state index >= 15 is 0 Å². The van der Waals surface area contributed by atoms with Crippen molar-refractivity contribution >= 4 is 34.5 Å². The Balaban J connectivity index is 1.58. The number of hydrogen-bond acceptors (Lipinski definition) is 5. The van der Waals surface area contributed by atoms with Gasteiger partial charge in [-0.05, 0) is 42.0 Å². The molecule has 5 rings (SSSR count). The third kappa shape index (κ3) is 3.84. The zero-order valence-corrected chi connectivity index (χ0v) is 18.7. The number of aryl methyl sites for hydroxylation is 1. The number of carbonyl (C=O) groups excluding carboxylic acids is 2. The maximum Gasteiger partial charge on any atom is 0.337 e. The van der Waals surface area contributed by atoms with Crippen LogP contribution in [0, 0.1) is 0 Å². The average Bonchev–Trinajstić information content (AvgIpc) is 3.44. The lowest BCUT2D eigenvalue weighted by Gasteiger charge is -2.15. The second-order valence-corrected chi connectivity index (χ2v) is 7.89. The lowest BCUT2D eigenvalue weighted by molar-refractivity contribution is -0.110. The molecule has 1 aromatic heterocycles. The third-order valence-corrected chi connectivity index (χ3v) is 5.73. The number of hydrogen-bond donors (Lipinski definition) is 2. The molecule has 0 radical (unpaired) electrons. The highest BCUT2D eigenvalue weighted by Crippen LogP contribution is 2.38. The van der Waals surface area contributed by atoms with Crippen molar-refractivity contribution in [3.63, 3.8) is 0 Å². The number of carbonyl (C=O) groups is 2. The number of methoxy groups -OCH3 is 1. The van der Waals surface area contributed by atoms with E-state index in [1.165, 1.54) is 7.11 Å². The minimum Gasteiger partial charge on any atom is -0.465 e. The molecule has 34 heavy (non-hydrogen) atoms. The van der Waals surface area contributed by atoms with Crippen molar-refractivity contribution in [2.45, 2.75) is 0 Å². The molecule has 0 spiro atoms. The van der Waals surface area contributed by atoms with Crippen LogP contribution in [0.15, 0.2) is 85.2 Å². The number of aromatic nitrogens is 2.